The lowest BCUT2D eigenvalue weighted by molar-refractivity contribution is -0.384. The van der Waals surface area contributed by atoms with Crippen LogP contribution in [0.5, 0.6) is 0 Å². The molecule has 0 radical (unpaired) electrons. The number of anilines is 1. The molecule has 2 aromatic carbocycles. The minimum atomic E-state index is -0.578. The van der Waals surface area contributed by atoms with Crippen LogP contribution < -0.4 is 5.32 Å². The molecule has 0 aliphatic heterocycles. The molecule has 0 atom stereocenters. The number of benzene rings is 2. The van der Waals surface area contributed by atoms with Crippen LogP contribution in [0.1, 0.15) is 15.9 Å². The van der Waals surface area contributed by atoms with Gasteiger partial charge >= 0.3 is 0 Å². The lowest BCUT2D eigenvalue weighted by Crippen LogP contribution is -2.13. The van der Waals surface area contributed by atoms with Crippen molar-refractivity contribution in [2.75, 3.05) is 5.32 Å². The highest BCUT2D eigenvalue weighted by Gasteiger charge is 2.15. The second-order valence-corrected chi connectivity index (χ2v) is 5.51. The number of carbonyl (C=O) groups excluding carboxylic acids is 1. The van der Waals surface area contributed by atoms with Crippen molar-refractivity contribution < 1.29 is 9.72 Å². The average Bonchev–Trinajstić information content (AvgIpc) is 2.41. The third kappa shape index (κ3) is 3.40. The molecule has 21 heavy (non-hydrogen) atoms. The van der Waals surface area contributed by atoms with E-state index in [1.807, 2.05) is 13.0 Å². The fraction of sp³-hybridized carbons (Fsp3) is 0.0714. The number of nitro groups is 1. The van der Waals surface area contributed by atoms with Crippen LogP contribution in [0.3, 0.4) is 0 Å². The maximum absolute atomic E-state index is 12.2. The van der Waals surface area contributed by atoms with E-state index >= 15 is 0 Å². The van der Waals surface area contributed by atoms with Crippen LogP contribution >= 0.6 is 27.5 Å². The largest absolute Gasteiger partial charge is 0.322 e. The number of hydrogen-bond donors (Lipinski definition) is 1. The van der Waals surface area contributed by atoms with Gasteiger partial charge in [-0.05, 0) is 46.6 Å². The summed E-state index contributed by atoms with van der Waals surface area (Å²) in [6.45, 7) is 1.88. The molecule has 1 N–H and O–H groups in total. The van der Waals surface area contributed by atoms with Gasteiger partial charge in [-0.25, -0.2) is 0 Å². The topological polar surface area (TPSA) is 72.2 Å². The van der Waals surface area contributed by atoms with E-state index in [0.717, 1.165) is 5.56 Å². The predicted molar refractivity (Wildman–Crippen MR) is 84.9 cm³/mol. The highest BCUT2D eigenvalue weighted by Crippen LogP contribution is 2.28. The normalized spacial score (nSPS) is 10.2. The average molecular weight is 370 g/mol. The molecule has 0 saturated carbocycles. The Balaban J connectivity index is 2.26. The number of aryl methyl sites for hydroxylation is 1. The molecule has 0 aromatic heterocycles. The van der Waals surface area contributed by atoms with Gasteiger partial charge in [-0.1, -0.05) is 23.7 Å². The van der Waals surface area contributed by atoms with Crippen molar-refractivity contribution in [3.05, 3.63) is 67.1 Å². The van der Waals surface area contributed by atoms with Gasteiger partial charge < -0.3 is 5.32 Å². The molecule has 7 heteroatoms. The standard InChI is InChI=1S/C14H10BrClN2O3/c1-8-3-2-4-10(13(8)15)14(19)17-9-5-6-12(18(20)21)11(16)7-9/h2-7H,1H3,(H,17,19). The Morgan fingerprint density at radius 3 is 2.67 bits per heavy atom. The van der Waals surface area contributed by atoms with E-state index in [1.54, 1.807) is 12.1 Å². The maximum Gasteiger partial charge on any atom is 0.288 e. The Labute approximate surface area is 134 Å². The lowest BCUT2D eigenvalue weighted by Gasteiger charge is -2.08. The molecule has 2 rings (SSSR count). The number of nitro benzene ring substituents is 1. The first kappa shape index (κ1) is 15.5. The highest BCUT2D eigenvalue weighted by atomic mass is 79.9. The van der Waals surface area contributed by atoms with Gasteiger partial charge in [0.15, 0.2) is 0 Å². The second kappa shape index (κ2) is 6.24. The number of hydrogen-bond acceptors (Lipinski definition) is 3. The van der Waals surface area contributed by atoms with Gasteiger partial charge in [0.1, 0.15) is 5.02 Å². The fourth-order valence-corrected chi connectivity index (χ4v) is 2.45. The summed E-state index contributed by atoms with van der Waals surface area (Å²) in [4.78, 5) is 22.3. The summed E-state index contributed by atoms with van der Waals surface area (Å²) in [5.74, 6) is -0.324. The van der Waals surface area contributed by atoms with Crippen molar-refractivity contribution in [1.82, 2.24) is 0 Å². The van der Waals surface area contributed by atoms with Crippen LogP contribution in [0.2, 0.25) is 5.02 Å². The van der Waals surface area contributed by atoms with Crippen molar-refractivity contribution in [2.45, 2.75) is 6.92 Å². The molecule has 0 unspecified atom stereocenters. The quantitative estimate of drug-likeness (QED) is 0.636. The monoisotopic (exact) mass is 368 g/mol. The molecule has 0 heterocycles. The highest BCUT2D eigenvalue weighted by molar-refractivity contribution is 9.10. The zero-order valence-electron chi connectivity index (χ0n) is 10.9. The summed E-state index contributed by atoms with van der Waals surface area (Å²) in [6.07, 6.45) is 0. The Hall–Kier alpha value is -1.92. The SMILES string of the molecule is Cc1cccc(C(=O)Nc2ccc([N+](=O)[O-])c(Cl)c2)c1Br. The van der Waals surface area contributed by atoms with E-state index in [4.69, 9.17) is 11.6 Å². The van der Waals surface area contributed by atoms with Gasteiger partial charge in [-0.15, -0.1) is 0 Å². The molecule has 0 bridgehead atoms. The lowest BCUT2D eigenvalue weighted by atomic mass is 10.1. The fourth-order valence-electron chi connectivity index (χ4n) is 1.75. The Morgan fingerprint density at radius 2 is 2.05 bits per heavy atom. The first-order valence-electron chi connectivity index (χ1n) is 5.90. The van der Waals surface area contributed by atoms with Crippen LogP contribution in [0, 0.1) is 17.0 Å². The van der Waals surface area contributed by atoms with Crippen molar-refractivity contribution in [3.8, 4) is 0 Å². The minimum absolute atomic E-state index is 0.0268. The van der Waals surface area contributed by atoms with E-state index in [-0.39, 0.29) is 16.6 Å². The molecule has 0 fully saturated rings. The van der Waals surface area contributed by atoms with Crippen molar-refractivity contribution in [1.29, 1.82) is 0 Å². The van der Waals surface area contributed by atoms with Crippen LogP contribution in [0.15, 0.2) is 40.9 Å². The van der Waals surface area contributed by atoms with Gasteiger partial charge in [-0.3, -0.25) is 14.9 Å². The van der Waals surface area contributed by atoms with Crippen molar-refractivity contribution in [3.63, 3.8) is 0 Å². The van der Waals surface area contributed by atoms with Gasteiger partial charge in [0.2, 0.25) is 0 Å². The van der Waals surface area contributed by atoms with Crippen molar-refractivity contribution >= 4 is 44.8 Å². The van der Waals surface area contributed by atoms with E-state index < -0.39 is 4.92 Å². The molecule has 0 saturated heterocycles. The zero-order valence-corrected chi connectivity index (χ0v) is 13.2. The number of nitrogens with zero attached hydrogens (tertiary/aromatic N) is 1. The third-order valence-electron chi connectivity index (χ3n) is 2.84. The van der Waals surface area contributed by atoms with Gasteiger partial charge in [0.05, 0.1) is 10.5 Å². The van der Waals surface area contributed by atoms with E-state index in [2.05, 4.69) is 21.2 Å². The molecule has 0 aliphatic rings. The van der Waals surface area contributed by atoms with Crippen LogP contribution in [0.4, 0.5) is 11.4 Å². The first-order chi connectivity index (χ1) is 9.90. The Morgan fingerprint density at radius 1 is 1.33 bits per heavy atom. The molecule has 0 aliphatic carbocycles. The molecule has 108 valence electrons. The van der Waals surface area contributed by atoms with E-state index in [9.17, 15) is 14.9 Å². The summed E-state index contributed by atoms with van der Waals surface area (Å²) in [7, 11) is 0. The number of amides is 1. The molecule has 1 amide bonds. The summed E-state index contributed by atoms with van der Waals surface area (Å²) in [5, 5.41) is 13.3. The molecular weight excluding hydrogens is 360 g/mol. The van der Waals surface area contributed by atoms with Crippen LogP contribution in [-0.2, 0) is 0 Å². The molecule has 0 spiro atoms. The Bertz CT molecular complexity index is 734. The Kier molecular flexibility index (Phi) is 4.59. The van der Waals surface area contributed by atoms with Crippen LogP contribution in [-0.4, -0.2) is 10.8 Å². The van der Waals surface area contributed by atoms with Crippen LogP contribution in [0.25, 0.3) is 0 Å². The van der Waals surface area contributed by atoms with E-state index in [1.165, 1.54) is 18.2 Å². The van der Waals surface area contributed by atoms with Gasteiger partial charge in [-0.2, -0.15) is 0 Å². The minimum Gasteiger partial charge on any atom is -0.322 e. The maximum atomic E-state index is 12.2. The summed E-state index contributed by atoms with van der Waals surface area (Å²) < 4.78 is 0.704. The molecular formula is C14H10BrClN2O3. The number of nitrogens with one attached hydrogen (secondary N) is 1. The zero-order chi connectivity index (χ0) is 15.6. The number of carbonyl (C=O) groups is 1. The second-order valence-electron chi connectivity index (χ2n) is 4.31. The third-order valence-corrected chi connectivity index (χ3v) is 4.19. The van der Waals surface area contributed by atoms with Gasteiger partial charge in [0.25, 0.3) is 11.6 Å². The summed E-state index contributed by atoms with van der Waals surface area (Å²) in [6, 6.07) is 9.37. The summed E-state index contributed by atoms with van der Waals surface area (Å²) in [5.41, 5.74) is 1.60. The first-order valence-corrected chi connectivity index (χ1v) is 7.07. The van der Waals surface area contributed by atoms with Crippen molar-refractivity contribution in [2.24, 2.45) is 0 Å². The summed E-state index contributed by atoms with van der Waals surface area (Å²) >= 11 is 9.17. The van der Waals surface area contributed by atoms with Gasteiger partial charge in [0, 0.05) is 16.2 Å². The predicted octanol–water partition coefficient (Wildman–Crippen LogP) is 4.57. The van der Waals surface area contributed by atoms with E-state index in [0.29, 0.717) is 15.7 Å². The molecule has 2 aromatic rings. The number of halogens is 2. The number of rotatable bonds is 3. The molecule has 5 nitrogen and oxygen atoms in total. The smallest absolute Gasteiger partial charge is 0.288 e.